The van der Waals surface area contributed by atoms with Crippen molar-refractivity contribution in [2.75, 3.05) is 38.4 Å². The molecule has 37 heavy (non-hydrogen) atoms. The minimum atomic E-state index is -0.436. The first-order chi connectivity index (χ1) is 17.3. The maximum atomic E-state index is 13.5. The van der Waals surface area contributed by atoms with Crippen molar-refractivity contribution in [2.45, 2.75) is 46.6 Å². The number of rotatable bonds is 8. The van der Waals surface area contributed by atoms with Crippen molar-refractivity contribution < 1.29 is 23.9 Å². The summed E-state index contributed by atoms with van der Waals surface area (Å²) in [6.45, 7) is 9.45. The van der Waals surface area contributed by atoms with E-state index in [1.807, 2.05) is 46.7 Å². The number of benzene rings is 1. The topological polar surface area (TPSA) is 129 Å². The molecule has 2 aromatic heterocycles. The van der Waals surface area contributed by atoms with Crippen molar-refractivity contribution in [1.82, 2.24) is 14.9 Å². The van der Waals surface area contributed by atoms with Crippen molar-refractivity contribution in [3.05, 3.63) is 41.2 Å². The van der Waals surface area contributed by atoms with Crippen molar-refractivity contribution in [2.24, 2.45) is 0 Å². The highest BCUT2D eigenvalue weighted by Crippen LogP contribution is 2.40. The second-order valence-electron chi connectivity index (χ2n) is 9.96. The largest absolute Gasteiger partial charge is 0.491 e. The molecule has 0 atom stereocenters. The number of amides is 1. The van der Waals surface area contributed by atoms with E-state index in [1.165, 1.54) is 14.0 Å². The van der Waals surface area contributed by atoms with Gasteiger partial charge >= 0.3 is 5.97 Å². The number of nitrogens with one attached hydrogen (secondary N) is 1. The van der Waals surface area contributed by atoms with Gasteiger partial charge in [-0.15, -0.1) is 0 Å². The van der Waals surface area contributed by atoms with Crippen LogP contribution in [-0.2, 0) is 16.8 Å². The van der Waals surface area contributed by atoms with Crippen molar-refractivity contribution in [3.63, 3.8) is 0 Å². The lowest BCUT2D eigenvalue weighted by atomic mass is 9.84. The highest BCUT2D eigenvalue weighted by molar-refractivity contribution is 6.01. The van der Waals surface area contributed by atoms with Gasteiger partial charge in [-0.3, -0.25) is 14.4 Å². The second kappa shape index (κ2) is 10.5. The van der Waals surface area contributed by atoms with Crippen LogP contribution in [0.4, 0.5) is 11.5 Å². The first-order valence-electron chi connectivity index (χ1n) is 12.0. The summed E-state index contributed by atoms with van der Waals surface area (Å²) in [4.78, 5) is 43.9. The highest BCUT2D eigenvalue weighted by atomic mass is 16.5. The number of nitrogens with two attached hydrogens (primary N) is 1. The molecule has 0 aliphatic rings. The van der Waals surface area contributed by atoms with Crippen molar-refractivity contribution in [1.29, 1.82) is 0 Å². The lowest BCUT2D eigenvalue weighted by Gasteiger charge is -2.27. The Morgan fingerprint density at radius 1 is 1.16 bits per heavy atom. The first kappa shape index (κ1) is 27.5. The summed E-state index contributed by atoms with van der Waals surface area (Å²) < 4.78 is 12.8. The van der Waals surface area contributed by atoms with Crippen molar-refractivity contribution in [3.8, 4) is 11.5 Å². The fourth-order valence-electron chi connectivity index (χ4n) is 4.02. The zero-order valence-electron chi connectivity index (χ0n) is 22.7. The van der Waals surface area contributed by atoms with E-state index >= 15 is 0 Å². The molecule has 0 aliphatic carbocycles. The lowest BCUT2D eigenvalue weighted by molar-refractivity contribution is -0.131. The molecule has 10 heteroatoms. The number of ether oxygens (including phenoxy) is 2. The summed E-state index contributed by atoms with van der Waals surface area (Å²) in [6.07, 6.45) is 1.72. The molecule has 2 heterocycles. The summed E-state index contributed by atoms with van der Waals surface area (Å²) >= 11 is 0. The Bertz CT molecular complexity index is 1370. The molecule has 0 radical (unpaired) electrons. The van der Waals surface area contributed by atoms with Gasteiger partial charge in [-0.25, -0.2) is 4.98 Å². The van der Waals surface area contributed by atoms with E-state index in [4.69, 9.17) is 15.2 Å². The molecular weight excluding hydrogens is 474 g/mol. The number of anilines is 2. The molecule has 198 valence electrons. The minimum Gasteiger partial charge on any atom is -0.491 e. The Balaban J connectivity index is 2.09. The van der Waals surface area contributed by atoms with Gasteiger partial charge in [0.25, 0.3) is 5.91 Å². The third kappa shape index (κ3) is 5.68. The molecule has 0 aliphatic heterocycles. The summed E-state index contributed by atoms with van der Waals surface area (Å²) in [5.74, 6) is 0.0110. The normalized spacial score (nSPS) is 11.4. The molecule has 3 aromatic rings. The molecule has 0 unspecified atom stereocenters. The lowest BCUT2D eigenvalue weighted by Crippen LogP contribution is -2.21. The number of nitrogens with zero attached hydrogens (tertiary/aromatic N) is 3. The zero-order chi connectivity index (χ0) is 27.7. The number of hydrogen-bond donors (Lipinski definition) is 2. The number of carbonyl (C=O) groups excluding carboxylic acids is 3. The van der Waals surface area contributed by atoms with Crippen molar-refractivity contribution >= 4 is 40.1 Å². The molecule has 0 bridgehead atoms. The predicted octanol–water partition coefficient (Wildman–Crippen LogP) is 3.55. The van der Waals surface area contributed by atoms with Gasteiger partial charge in [0, 0.05) is 50.8 Å². The van der Waals surface area contributed by atoms with Crippen LogP contribution >= 0.6 is 0 Å². The average Bonchev–Trinajstić information content (AvgIpc) is 3.11. The number of aromatic nitrogens is 2. The number of fused-ring (bicyclic) bond motifs is 1. The maximum absolute atomic E-state index is 13.5. The SMILES string of the molecule is CCOc1cc2cn(CC(=O)c3cc(N(C)C)c(OC(C)=O)c(C(C)(C)C)c3)c(N)c2nc1C(=O)NC. The molecular formula is C27H35N5O5. The first-order valence-corrected chi connectivity index (χ1v) is 12.0. The number of Topliss-reactive ketones (excluding diaryl/α,β-unsaturated/α-hetero) is 1. The van der Waals surface area contributed by atoms with E-state index in [0.717, 1.165) is 5.56 Å². The van der Waals surface area contributed by atoms with Crippen LogP contribution in [0.25, 0.3) is 10.9 Å². The number of ketones is 1. The van der Waals surface area contributed by atoms with Crippen LogP contribution < -0.4 is 25.4 Å². The number of pyridine rings is 1. The van der Waals surface area contributed by atoms with Gasteiger partial charge in [-0.2, -0.15) is 0 Å². The van der Waals surface area contributed by atoms with E-state index in [9.17, 15) is 14.4 Å². The number of hydrogen-bond acceptors (Lipinski definition) is 8. The maximum Gasteiger partial charge on any atom is 0.308 e. The third-order valence-electron chi connectivity index (χ3n) is 5.85. The van der Waals surface area contributed by atoms with E-state index in [1.54, 1.807) is 29.0 Å². The number of esters is 1. The Morgan fingerprint density at radius 2 is 1.84 bits per heavy atom. The molecule has 3 rings (SSSR count). The smallest absolute Gasteiger partial charge is 0.308 e. The predicted molar refractivity (Wildman–Crippen MR) is 144 cm³/mol. The Morgan fingerprint density at radius 3 is 2.38 bits per heavy atom. The fourth-order valence-corrected chi connectivity index (χ4v) is 4.02. The van der Waals surface area contributed by atoms with Gasteiger partial charge < -0.3 is 30.0 Å². The standard InChI is InChI=1S/C27H35N5O5/c1-9-36-21-12-17-13-32(25(28)22(17)30-23(21)26(35)29-6)14-20(34)16-10-18(27(3,4)5)24(37-15(2)33)19(11-16)31(7)8/h10-13H,9,14,28H2,1-8H3,(H,29,35). The van der Waals surface area contributed by atoms with Crippen LogP contribution in [0.5, 0.6) is 11.5 Å². The highest BCUT2D eigenvalue weighted by Gasteiger charge is 2.27. The van der Waals surface area contributed by atoms with E-state index < -0.39 is 17.3 Å². The van der Waals surface area contributed by atoms with Crippen LogP contribution in [-0.4, -0.2) is 55.0 Å². The quantitative estimate of drug-likeness (QED) is 0.268. The minimum absolute atomic E-state index is 0.0508. The molecule has 10 nitrogen and oxygen atoms in total. The Labute approximate surface area is 216 Å². The van der Waals surface area contributed by atoms with Gasteiger partial charge in [0.15, 0.2) is 23.0 Å². The Kier molecular flexibility index (Phi) is 7.80. The van der Waals surface area contributed by atoms with E-state index in [-0.39, 0.29) is 23.8 Å². The number of carbonyl (C=O) groups is 3. The van der Waals surface area contributed by atoms with Crippen LogP contribution in [0.3, 0.4) is 0 Å². The second-order valence-corrected chi connectivity index (χ2v) is 9.96. The Hall–Kier alpha value is -4.08. The van der Waals surface area contributed by atoms with Crippen LogP contribution in [0.15, 0.2) is 24.4 Å². The summed E-state index contributed by atoms with van der Waals surface area (Å²) in [6, 6.07) is 5.18. The summed E-state index contributed by atoms with van der Waals surface area (Å²) in [7, 11) is 5.16. The van der Waals surface area contributed by atoms with Crippen LogP contribution in [0.1, 0.15) is 61.0 Å². The summed E-state index contributed by atoms with van der Waals surface area (Å²) in [5.41, 5.74) is 8.31. The van der Waals surface area contributed by atoms with Gasteiger partial charge in [-0.05, 0) is 30.5 Å². The molecule has 0 fully saturated rings. The molecule has 0 saturated heterocycles. The van der Waals surface area contributed by atoms with Crippen LogP contribution in [0.2, 0.25) is 0 Å². The third-order valence-corrected chi connectivity index (χ3v) is 5.85. The molecule has 1 aromatic carbocycles. The average molecular weight is 510 g/mol. The molecule has 0 spiro atoms. The monoisotopic (exact) mass is 509 g/mol. The van der Waals surface area contributed by atoms with E-state index in [0.29, 0.717) is 40.3 Å². The van der Waals surface area contributed by atoms with Gasteiger partial charge in [0.2, 0.25) is 0 Å². The zero-order valence-corrected chi connectivity index (χ0v) is 22.7. The summed E-state index contributed by atoms with van der Waals surface area (Å²) in [5, 5.41) is 3.20. The fraction of sp³-hybridized carbons (Fsp3) is 0.407. The van der Waals surface area contributed by atoms with Gasteiger partial charge in [0.1, 0.15) is 11.3 Å². The van der Waals surface area contributed by atoms with Gasteiger partial charge in [-0.1, -0.05) is 20.8 Å². The van der Waals surface area contributed by atoms with E-state index in [2.05, 4.69) is 10.3 Å². The number of nitrogen functional groups attached to an aromatic ring is 1. The molecule has 0 saturated carbocycles. The molecule has 1 amide bonds. The molecule has 3 N–H and O–H groups in total. The van der Waals surface area contributed by atoms with Gasteiger partial charge in [0.05, 0.1) is 18.8 Å². The van der Waals surface area contributed by atoms with Crippen LogP contribution in [0, 0.1) is 0 Å².